The second-order valence-corrected chi connectivity index (χ2v) is 4.88. The number of ether oxygens (including phenoxy) is 1. The van der Waals surface area contributed by atoms with Gasteiger partial charge in [-0.15, -0.1) is 11.8 Å². The fourth-order valence-corrected chi connectivity index (χ4v) is 2.85. The summed E-state index contributed by atoms with van der Waals surface area (Å²) in [4.78, 5) is 12.4. The van der Waals surface area contributed by atoms with Crippen molar-refractivity contribution >= 4 is 33.7 Å². The largest absolute Gasteiger partial charge is 0.466 e. The van der Waals surface area contributed by atoms with Gasteiger partial charge in [0.25, 0.3) is 0 Å². The number of carbonyl (C=O) groups excluding carboxylic acids is 1. The maximum Gasteiger partial charge on any atom is 0.306 e. The van der Waals surface area contributed by atoms with Gasteiger partial charge in [0.1, 0.15) is 0 Å². The van der Waals surface area contributed by atoms with Gasteiger partial charge in [0.05, 0.1) is 6.61 Å². The van der Waals surface area contributed by atoms with Crippen LogP contribution in [0.4, 0.5) is 0 Å². The first-order chi connectivity index (χ1) is 7.69. The zero-order valence-corrected chi connectivity index (χ0v) is 11.9. The van der Waals surface area contributed by atoms with Crippen molar-refractivity contribution in [1.82, 2.24) is 0 Å². The third-order valence-electron chi connectivity index (χ3n) is 2.17. The first-order valence-corrected chi connectivity index (χ1v) is 7.17. The van der Waals surface area contributed by atoms with Crippen LogP contribution in [0.3, 0.4) is 0 Å². The molecule has 2 nitrogen and oxygen atoms in total. The highest BCUT2D eigenvalue weighted by Gasteiger charge is 2.07. The molecule has 0 saturated carbocycles. The van der Waals surface area contributed by atoms with Gasteiger partial charge in [-0.1, -0.05) is 12.1 Å². The van der Waals surface area contributed by atoms with Gasteiger partial charge in [-0.25, -0.2) is 0 Å². The van der Waals surface area contributed by atoms with Gasteiger partial charge in [0.2, 0.25) is 0 Å². The van der Waals surface area contributed by atoms with Gasteiger partial charge in [-0.3, -0.25) is 4.79 Å². The molecule has 0 saturated heterocycles. The number of rotatable bonds is 5. The van der Waals surface area contributed by atoms with Gasteiger partial charge in [-0.05, 0) is 47.2 Å². The molecule has 1 rings (SSSR count). The Morgan fingerprint density at radius 2 is 2.25 bits per heavy atom. The van der Waals surface area contributed by atoms with Crippen molar-refractivity contribution in [3.8, 4) is 0 Å². The lowest BCUT2D eigenvalue weighted by atomic mass is 10.1. The standard InChI is InChI=1S/C12H15BrO2S/c1-3-15-11(14)8-7-9-5-4-6-10(16-2)12(9)13/h4-6H,3,7-8H2,1-2H3. The first-order valence-electron chi connectivity index (χ1n) is 5.16. The molecular weight excluding hydrogens is 288 g/mol. The van der Waals surface area contributed by atoms with Crippen LogP contribution in [0.25, 0.3) is 0 Å². The molecule has 0 fully saturated rings. The third-order valence-corrected chi connectivity index (χ3v) is 4.15. The number of halogens is 1. The minimum atomic E-state index is -0.135. The molecule has 0 N–H and O–H groups in total. The third kappa shape index (κ3) is 3.83. The van der Waals surface area contributed by atoms with Gasteiger partial charge in [0, 0.05) is 15.8 Å². The fourth-order valence-electron chi connectivity index (χ4n) is 1.38. The topological polar surface area (TPSA) is 26.3 Å². The van der Waals surface area contributed by atoms with Crippen molar-refractivity contribution in [3.05, 3.63) is 28.2 Å². The van der Waals surface area contributed by atoms with Crippen molar-refractivity contribution in [2.75, 3.05) is 12.9 Å². The van der Waals surface area contributed by atoms with Crippen LogP contribution < -0.4 is 0 Å². The van der Waals surface area contributed by atoms with Crippen LogP contribution >= 0.6 is 27.7 Å². The predicted octanol–water partition coefficient (Wildman–Crippen LogP) is 3.67. The molecule has 0 aliphatic carbocycles. The van der Waals surface area contributed by atoms with E-state index in [1.54, 1.807) is 11.8 Å². The van der Waals surface area contributed by atoms with Crippen LogP contribution in [-0.2, 0) is 16.0 Å². The second-order valence-electron chi connectivity index (χ2n) is 3.24. The molecule has 88 valence electrons. The quantitative estimate of drug-likeness (QED) is 0.613. The van der Waals surface area contributed by atoms with E-state index in [2.05, 4.69) is 22.0 Å². The molecule has 0 bridgehead atoms. The molecular formula is C12H15BrO2S. The van der Waals surface area contributed by atoms with Crippen LogP contribution in [-0.4, -0.2) is 18.8 Å². The zero-order valence-electron chi connectivity index (χ0n) is 9.46. The summed E-state index contributed by atoms with van der Waals surface area (Å²) in [6.07, 6.45) is 3.19. The van der Waals surface area contributed by atoms with Crippen molar-refractivity contribution in [1.29, 1.82) is 0 Å². The SMILES string of the molecule is CCOC(=O)CCc1cccc(SC)c1Br. The van der Waals surface area contributed by atoms with E-state index >= 15 is 0 Å². The number of benzene rings is 1. The minimum absolute atomic E-state index is 0.135. The molecule has 0 spiro atoms. The van der Waals surface area contributed by atoms with E-state index in [1.165, 1.54) is 4.90 Å². The van der Waals surface area contributed by atoms with Crippen LogP contribution in [0.2, 0.25) is 0 Å². The molecule has 0 unspecified atom stereocenters. The summed E-state index contributed by atoms with van der Waals surface area (Å²) in [5, 5.41) is 0. The highest BCUT2D eigenvalue weighted by Crippen LogP contribution is 2.29. The van der Waals surface area contributed by atoms with E-state index in [4.69, 9.17) is 4.74 Å². The number of esters is 1. The van der Waals surface area contributed by atoms with Gasteiger partial charge in [0.15, 0.2) is 0 Å². The number of thioether (sulfide) groups is 1. The molecule has 0 amide bonds. The average molecular weight is 303 g/mol. The van der Waals surface area contributed by atoms with E-state index in [1.807, 2.05) is 25.3 Å². The highest BCUT2D eigenvalue weighted by molar-refractivity contribution is 9.10. The molecule has 0 heterocycles. The smallest absolute Gasteiger partial charge is 0.306 e. The Balaban J connectivity index is 2.63. The van der Waals surface area contributed by atoms with Gasteiger partial charge >= 0.3 is 5.97 Å². The Morgan fingerprint density at radius 3 is 2.88 bits per heavy atom. The molecule has 4 heteroatoms. The first kappa shape index (κ1) is 13.6. The van der Waals surface area contributed by atoms with Gasteiger partial charge in [-0.2, -0.15) is 0 Å². The Bertz CT molecular complexity index is 366. The van der Waals surface area contributed by atoms with Crippen molar-refractivity contribution in [2.24, 2.45) is 0 Å². The molecule has 0 aromatic heterocycles. The lowest BCUT2D eigenvalue weighted by molar-refractivity contribution is -0.143. The monoisotopic (exact) mass is 302 g/mol. The van der Waals surface area contributed by atoms with E-state index in [0.29, 0.717) is 19.4 Å². The van der Waals surface area contributed by atoms with Gasteiger partial charge < -0.3 is 4.74 Å². The van der Waals surface area contributed by atoms with E-state index < -0.39 is 0 Å². The lowest BCUT2D eigenvalue weighted by Gasteiger charge is -2.07. The summed E-state index contributed by atoms with van der Waals surface area (Å²) in [5.41, 5.74) is 1.15. The Hall–Kier alpha value is -0.480. The van der Waals surface area contributed by atoms with Crippen LogP contribution in [0.1, 0.15) is 18.9 Å². The molecule has 1 aromatic carbocycles. The number of aryl methyl sites for hydroxylation is 1. The summed E-state index contributed by atoms with van der Waals surface area (Å²) in [6, 6.07) is 6.10. The number of carbonyl (C=O) groups is 1. The summed E-state index contributed by atoms with van der Waals surface area (Å²) < 4.78 is 5.99. The van der Waals surface area contributed by atoms with Crippen LogP contribution in [0, 0.1) is 0 Å². The fraction of sp³-hybridized carbons (Fsp3) is 0.417. The number of hydrogen-bond acceptors (Lipinski definition) is 3. The maximum absolute atomic E-state index is 11.2. The second kappa shape index (κ2) is 6.97. The summed E-state index contributed by atoms with van der Waals surface area (Å²) >= 11 is 5.25. The zero-order chi connectivity index (χ0) is 12.0. The predicted molar refractivity (Wildman–Crippen MR) is 70.9 cm³/mol. The Labute approximate surface area is 109 Å². The van der Waals surface area contributed by atoms with E-state index in [-0.39, 0.29) is 5.97 Å². The highest BCUT2D eigenvalue weighted by atomic mass is 79.9. The molecule has 16 heavy (non-hydrogen) atoms. The normalized spacial score (nSPS) is 10.2. The van der Waals surface area contributed by atoms with Crippen molar-refractivity contribution in [3.63, 3.8) is 0 Å². The van der Waals surface area contributed by atoms with Crippen LogP contribution in [0.5, 0.6) is 0 Å². The van der Waals surface area contributed by atoms with E-state index in [9.17, 15) is 4.79 Å². The Kier molecular flexibility index (Phi) is 5.91. The van der Waals surface area contributed by atoms with Crippen molar-refractivity contribution < 1.29 is 9.53 Å². The van der Waals surface area contributed by atoms with Crippen molar-refractivity contribution in [2.45, 2.75) is 24.7 Å². The Morgan fingerprint density at radius 1 is 1.50 bits per heavy atom. The molecule has 1 aromatic rings. The minimum Gasteiger partial charge on any atom is -0.466 e. The average Bonchev–Trinajstić information content (AvgIpc) is 2.28. The number of hydrogen-bond donors (Lipinski definition) is 0. The summed E-state index contributed by atoms with van der Waals surface area (Å²) in [7, 11) is 0. The summed E-state index contributed by atoms with van der Waals surface area (Å²) in [5.74, 6) is -0.135. The molecule has 0 aliphatic rings. The van der Waals surface area contributed by atoms with Crippen LogP contribution in [0.15, 0.2) is 27.6 Å². The molecule has 0 aliphatic heterocycles. The molecule has 0 radical (unpaired) electrons. The maximum atomic E-state index is 11.2. The lowest BCUT2D eigenvalue weighted by Crippen LogP contribution is -2.05. The summed E-state index contributed by atoms with van der Waals surface area (Å²) in [6.45, 7) is 2.27. The molecule has 0 atom stereocenters. The van der Waals surface area contributed by atoms with E-state index in [0.717, 1.165) is 10.0 Å².